The molecule has 0 saturated heterocycles. The molecule has 0 spiro atoms. The smallest absolute Gasteiger partial charge is 0.233 e. The summed E-state index contributed by atoms with van der Waals surface area (Å²) in [6, 6.07) is 15.1. The van der Waals surface area contributed by atoms with Gasteiger partial charge in [-0.25, -0.2) is 4.98 Å². The van der Waals surface area contributed by atoms with E-state index in [2.05, 4.69) is 30.6 Å². The van der Waals surface area contributed by atoms with Gasteiger partial charge in [0.2, 0.25) is 23.1 Å². The predicted octanol–water partition coefficient (Wildman–Crippen LogP) is 3.48. The third-order valence-corrected chi connectivity index (χ3v) is 3.85. The van der Waals surface area contributed by atoms with Crippen LogP contribution in [0.5, 0.6) is 0 Å². The molecule has 4 aromatic rings. The Morgan fingerprint density at radius 3 is 2.48 bits per heavy atom. The van der Waals surface area contributed by atoms with E-state index < -0.39 is 0 Å². The minimum atomic E-state index is -0.0383. The zero-order valence-electron chi connectivity index (χ0n) is 14.1. The van der Waals surface area contributed by atoms with Gasteiger partial charge in [-0.1, -0.05) is 12.1 Å². The molecule has 2 heterocycles. The number of rotatable bonds is 6. The standard InChI is InChI=1S/C18H15ClN6O2/c19-16-23-17(20-9-10-26)25-18(24-16)21-12-7-5-11(6-8-12)15-22-13-3-1-2-4-14(13)27-15/h1-8,26H,9-10H2,(H2,20,21,23,24,25). The normalized spacial score (nSPS) is 10.9. The summed E-state index contributed by atoms with van der Waals surface area (Å²) in [5, 5.41) is 14.8. The number of nitrogens with zero attached hydrogens (tertiary/aromatic N) is 4. The Labute approximate surface area is 159 Å². The molecule has 9 heteroatoms. The Bertz CT molecular complexity index is 1030. The number of benzene rings is 2. The van der Waals surface area contributed by atoms with E-state index in [0.29, 0.717) is 18.4 Å². The largest absolute Gasteiger partial charge is 0.436 e. The van der Waals surface area contributed by atoms with Crippen molar-refractivity contribution in [1.29, 1.82) is 0 Å². The van der Waals surface area contributed by atoms with Crippen molar-refractivity contribution in [2.24, 2.45) is 0 Å². The van der Waals surface area contributed by atoms with Crippen LogP contribution in [0.1, 0.15) is 0 Å². The third kappa shape index (κ3) is 3.97. The number of oxazole rings is 1. The minimum absolute atomic E-state index is 0.0383. The first-order valence-corrected chi connectivity index (χ1v) is 8.58. The molecule has 0 atom stereocenters. The summed E-state index contributed by atoms with van der Waals surface area (Å²) in [6.45, 7) is 0.280. The van der Waals surface area contributed by atoms with Crippen molar-refractivity contribution in [1.82, 2.24) is 19.9 Å². The minimum Gasteiger partial charge on any atom is -0.436 e. The second-order valence-corrected chi connectivity index (χ2v) is 5.93. The van der Waals surface area contributed by atoms with Crippen LogP contribution in [-0.4, -0.2) is 38.2 Å². The summed E-state index contributed by atoms with van der Waals surface area (Å²) < 4.78 is 5.77. The highest BCUT2D eigenvalue weighted by Gasteiger charge is 2.09. The number of nitrogens with one attached hydrogen (secondary N) is 2. The molecule has 2 aromatic carbocycles. The summed E-state index contributed by atoms with van der Waals surface area (Å²) in [6.07, 6.45) is 0. The van der Waals surface area contributed by atoms with E-state index in [0.717, 1.165) is 22.4 Å². The monoisotopic (exact) mass is 382 g/mol. The molecule has 136 valence electrons. The highest BCUT2D eigenvalue weighted by Crippen LogP contribution is 2.26. The first kappa shape index (κ1) is 17.2. The average Bonchev–Trinajstić information content (AvgIpc) is 3.11. The number of anilines is 3. The van der Waals surface area contributed by atoms with Crippen molar-refractivity contribution in [3.05, 3.63) is 53.8 Å². The van der Waals surface area contributed by atoms with Gasteiger partial charge in [0, 0.05) is 17.8 Å². The number of aliphatic hydroxyl groups is 1. The summed E-state index contributed by atoms with van der Waals surface area (Å²) in [5.41, 5.74) is 3.19. The van der Waals surface area contributed by atoms with Gasteiger partial charge in [-0.05, 0) is 48.0 Å². The lowest BCUT2D eigenvalue weighted by molar-refractivity contribution is 0.311. The Morgan fingerprint density at radius 1 is 0.926 bits per heavy atom. The molecule has 0 saturated carbocycles. The van der Waals surface area contributed by atoms with Crippen LogP contribution in [0, 0.1) is 0 Å². The summed E-state index contributed by atoms with van der Waals surface area (Å²) in [5.74, 6) is 1.14. The predicted molar refractivity (Wildman–Crippen MR) is 103 cm³/mol. The van der Waals surface area contributed by atoms with Crippen molar-refractivity contribution < 1.29 is 9.52 Å². The number of aliphatic hydroxyl groups excluding tert-OH is 1. The van der Waals surface area contributed by atoms with Crippen molar-refractivity contribution in [2.45, 2.75) is 0 Å². The number of halogens is 1. The van der Waals surface area contributed by atoms with Crippen LogP contribution in [0.3, 0.4) is 0 Å². The van der Waals surface area contributed by atoms with E-state index in [1.807, 2.05) is 48.5 Å². The van der Waals surface area contributed by atoms with Crippen LogP contribution in [0.25, 0.3) is 22.6 Å². The highest BCUT2D eigenvalue weighted by atomic mass is 35.5. The van der Waals surface area contributed by atoms with E-state index in [1.165, 1.54) is 0 Å². The van der Waals surface area contributed by atoms with Crippen molar-refractivity contribution in [3.8, 4) is 11.5 Å². The van der Waals surface area contributed by atoms with Gasteiger partial charge in [0.05, 0.1) is 6.61 Å². The van der Waals surface area contributed by atoms with Crippen LogP contribution >= 0.6 is 11.6 Å². The summed E-state index contributed by atoms with van der Waals surface area (Å²) in [7, 11) is 0. The Balaban J connectivity index is 1.53. The van der Waals surface area contributed by atoms with Gasteiger partial charge in [-0.2, -0.15) is 15.0 Å². The second-order valence-electron chi connectivity index (χ2n) is 5.59. The molecular formula is C18H15ClN6O2. The Morgan fingerprint density at radius 2 is 1.70 bits per heavy atom. The fraction of sp³-hybridized carbons (Fsp3) is 0.111. The van der Waals surface area contributed by atoms with E-state index in [4.69, 9.17) is 21.1 Å². The molecule has 0 amide bonds. The molecule has 0 bridgehead atoms. The molecule has 2 aromatic heterocycles. The maximum absolute atomic E-state index is 8.87. The van der Waals surface area contributed by atoms with E-state index in [9.17, 15) is 0 Å². The zero-order valence-corrected chi connectivity index (χ0v) is 14.8. The number of hydrogen-bond donors (Lipinski definition) is 3. The lowest BCUT2D eigenvalue weighted by Gasteiger charge is -2.08. The van der Waals surface area contributed by atoms with Crippen LogP contribution in [0.2, 0.25) is 5.28 Å². The first-order chi connectivity index (χ1) is 13.2. The Hall–Kier alpha value is -3.23. The van der Waals surface area contributed by atoms with Crippen LogP contribution in [0.4, 0.5) is 17.6 Å². The van der Waals surface area contributed by atoms with Gasteiger partial charge in [-0.15, -0.1) is 0 Å². The quantitative estimate of drug-likeness (QED) is 0.465. The lowest BCUT2D eigenvalue weighted by atomic mass is 10.2. The molecule has 0 aliphatic rings. The molecule has 0 radical (unpaired) electrons. The van der Waals surface area contributed by atoms with E-state index in [-0.39, 0.29) is 17.8 Å². The highest BCUT2D eigenvalue weighted by molar-refractivity contribution is 6.28. The second kappa shape index (κ2) is 7.56. The number of hydrogen-bond acceptors (Lipinski definition) is 8. The number of para-hydroxylation sites is 2. The van der Waals surface area contributed by atoms with Gasteiger partial charge in [0.25, 0.3) is 0 Å². The fourth-order valence-electron chi connectivity index (χ4n) is 2.47. The fourth-order valence-corrected chi connectivity index (χ4v) is 2.63. The SMILES string of the molecule is OCCNc1nc(Cl)nc(Nc2ccc(-c3nc4ccccc4o3)cc2)n1. The van der Waals surface area contributed by atoms with E-state index in [1.54, 1.807) is 0 Å². The number of fused-ring (bicyclic) bond motifs is 1. The van der Waals surface area contributed by atoms with Gasteiger partial charge in [-0.3, -0.25) is 0 Å². The van der Waals surface area contributed by atoms with Crippen LogP contribution < -0.4 is 10.6 Å². The Kier molecular flexibility index (Phi) is 4.82. The topological polar surface area (TPSA) is 109 Å². The average molecular weight is 383 g/mol. The van der Waals surface area contributed by atoms with E-state index >= 15 is 0 Å². The maximum atomic E-state index is 8.87. The van der Waals surface area contributed by atoms with Gasteiger partial charge < -0.3 is 20.2 Å². The van der Waals surface area contributed by atoms with Crippen molar-refractivity contribution in [3.63, 3.8) is 0 Å². The maximum Gasteiger partial charge on any atom is 0.233 e. The summed E-state index contributed by atoms with van der Waals surface area (Å²) in [4.78, 5) is 16.7. The lowest BCUT2D eigenvalue weighted by Crippen LogP contribution is -2.10. The molecule has 4 rings (SSSR count). The molecule has 27 heavy (non-hydrogen) atoms. The molecular weight excluding hydrogens is 368 g/mol. The van der Waals surface area contributed by atoms with Crippen LogP contribution in [-0.2, 0) is 0 Å². The molecule has 3 N–H and O–H groups in total. The molecule has 0 aliphatic heterocycles. The molecule has 0 unspecified atom stereocenters. The zero-order chi connectivity index (χ0) is 18.6. The van der Waals surface area contributed by atoms with Gasteiger partial charge in [0.15, 0.2) is 5.58 Å². The van der Waals surface area contributed by atoms with Gasteiger partial charge >= 0.3 is 0 Å². The first-order valence-electron chi connectivity index (χ1n) is 8.20. The molecule has 8 nitrogen and oxygen atoms in total. The van der Waals surface area contributed by atoms with Crippen LogP contribution in [0.15, 0.2) is 52.9 Å². The number of aromatic nitrogens is 4. The molecule has 0 fully saturated rings. The summed E-state index contributed by atoms with van der Waals surface area (Å²) >= 11 is 5.91. The molecule has 0 aliphatic carbocycles. The van der Waals surface area contributed by atoms with Crippen molar-refractivity contribution in [2.75, 3.05) is 23.8 Å². The van der Waals surface area contributed by atoms with Crippen molar-refractivity contribution >= 4 is 40.3 Å². The third-order valence-electron chi connectivity index (χ3n) is 3.68. The van der Waals surface area contributed by atoms with Gasteiger partial charge in [0.1, 0.15) is 5.52 Å².